The van der Waals surface area contributed by atoms with E-state index in [4.69, 9.17) is 4.74 Å². The third-order valence-electron chi connectivity index (χ3n) is 5.00. The van der Waals surface area contributed by atoms with E-state index in [1.165, 1.54) is 18.1 Å². The van der Waals surface area contributed by atoms with Crippen LogP contribution in [0.15, 0.2) is 54.6 Å². The molecule has 0 fully saturated rings. The summed E-state index contributed by atoms with van der Waals surface area (Å²) in [5, 5.41) is 0. The summed E-state index contributed by atoms with van der Waals surface area (Å²) < 4.78 is 5.18. The van der Waals surface area contributed by atoms with Crippen LogP contribution in [0.25, 0.3) is 0 Å². The van der Waals surface area contributed by atoms with Gasteiger partial charge in [0.2, 0.25) is 0 Å². The van der Waals surface area contributed by atoms with Crippen LogP contribution in [0, 0.1) is 0 Å². The number of hydrogen-bond donors (Lipinski definition) is 0. The van der Waals surface area contributed by atoms with Gasteiger partial charge in [-0.1, -0.05) is 54.6 Å². The number of benzene rings is 2. The second kappa shape index (κ2) is 10.3. The summed E-state index contributed by atoms with van der Waals surface area (Å²) in [6.07, 6.45) is 1.05. The van der Waals surface area contributed by atoms with E-state index in [1.54, 1.807) is 0 Å². The van der Waals surface area contributed by atoms with Crippen LogP contribution in [0.4, 0.5) is 0 Å². The zero-order valence-electron chi connectivity index (χ0n) is 17.3. The number of nitrogens with zero attached hydrogens (tertiary/aromatic N) is 1. The van der Waals surface area contributed by atoms with Gasteiger partial charge in [-0.2, -0.15) is 0 Å². The van der Waals surface area contributed by atoms with Gasteiger partial charge in [-0.05, 0) is 57.4 Å². The van der Waals surface area contributed by atoms with Crippen LogP contribution >= 0.6 is 0 Å². The number of carbonyl (C=O) groups is 1. The van der Waals surface area contributed by atoms with E-state index in [-0.39, 0.29) is 5.97 Å². The normalized spacial score (nSPS) is 12.6. The zero-order chi connectivity index (χ0) is 19.8. The van der Waals surface area contributed by atoms with Crippen molar-refractivity contribution in [1.29, 1.82) is 0 Å². The lowest BCUT2D eigenvalue weighted by molar-refractivity contribution is -0.142. The third-order valence-corrected chi connectivity index (χ3v) is 5.00. The summed E-state index contributed by atoms with van der Waals surface area (Å²) in [7, 11) is 0. The maximum atomic E-state index is 11.1. The van der Waals surface area contributed by atoms with E-state index in [0.29, 0.717) is 24.6 Å². The molecule has 2 aromatic carbocycles. The van der Waals surface area contributed by atoms with Crippen molar-refractivity contribution >= 4 is 5.97 Å². The molecule has 146 valence electrons. The highest BCUT2D eigenvalue weighted by molar-refractivity contribution is 5.65. The summed E-state index contributed by atoms with van der Waals surface area (Å²) >= 11 is 0. The SMILES string of the molecule is CC(=O)OCc1cccc([C@@H](CCN(C(C)C)C(C)C)c2ccccc2)c1. The first-order valence-electron chi connectivity index (χ1n) is 9.91. The molecule has 0 saturated heterocycles. The maximum Gasteiger partial charge on any atom is 0.302 e. The molecule has 0 aliphatic heterocycles. The van der Waals surface area contributed by atoms with Crippen molar-refractivity contribution in [2.24, 2.45) is 0 Å². The van der Waals surface area contributed by atoms with Gasteiger partial charge in [-0.3, -0.25) is 9.69 Å². The zero-order valence-corrected chi connectivity index (χ0v) is 17.3. The standard InChI is InChI=1S/C24H33NO2/c1-18(2)25(19(3)4)15-14-24(22-11-7-6-8-12-22)23-13-9-10-21(16-23)17-27-20(5)26/h6-13,16,18-19,24H,14-15,17H2,1-5H3/t24-/m0/s1. The van der Waals surface area contributed by atoms with E-state index in [2.05, 4.69) is 81.1 Å². The van der Waals surface area contributed by atoms with Crippen LogP contribution in [0.1, 0.15) is 63.6 Å². The fraction of sp³-hybridized carbons (Fsp3) is 0.458. The monoisotopic (exact) mass is 367 g/mol. The van der Waals surface area contributed by atoms with E-state index in [1.807, 2.05) is 6.07 Å². The first-order chi connectivity index (χ1) is 12.9. The predicted molar refractivity (Wildman–Crippen MR) is 112 cm³/mol. The Hall–Kier alpha value is -2.13. The molecule has 0 unspecified atom stereocenters. The smallest absolute Gasteiger partial charge is 0.302 e. The topological polar surface area (TPSA) is 29.5 Å². The van der Waals surface area contributed by atoms with E-state index < -0.39 is 0 Å². The average Bonchev–Trinajstić information content (AvgIpc) is 2.64. The molecule has 2 rings (SSSR count). The van der Waals surface area contributed by atoms with Gasteiger partial charge in [-0.25, -0.2) is 0 Å². The van der Waals surface area contributed by atoms with Gasteiger partial charge in [-0.15, -0.1) is 0 Å². The molecule has 0 heterocycles. The highest BCUT2D eigenvalue weighted by Gasteiger charge is 2.19. The number of rotatable bonds is 9. The minimum atomic E-state index is -0.246. The lowest BCUT2D eigenvalue weighted by Gasteiger charge is -2.32. The van der Waals surface area contributed by atoms with E-state index in [9.17, 15) is 4.79 Å². The van der Waals surface area contributed by atoms with E-state index in [0.717, 1.165) is 18.5 Å². The molecule has 0 N–H and O–H groups in total. The molecule has 0 aliphatic rings. The fourth-order valence-corrected chi connectivity index (χ4v) is 3.69. The second-order valence-corrected chi connectivity index (χ2v) is 7.70. The molecule has 3 heteroatoms. The van der Waals surface area contributed by atoms with E-state index >= 15 is 0 Å². The van der Waals surface area contributed by atoms with Gasteiger partial charge in [0.05, 0.1) is 0 Å². The Bertz CT molecular complexity index is 701. The Morgan fingerprint density at radius 2 is 1.56 bits per heavy atom. The van der Waals surface area contributed by atoms with Crippen molar-refractivity contribution < 1.29 is 9.53 Å². The van der Waals surface area contributed by atoms with Crippen LogP contribution in [-0.4, -0.2) is 29.5 Å². The Kier molecular flexibility index (Phi) is 8.05. The molecule has 0 saturated carbocycles. The molecule has 1 atom stereocenters. The summed E-state index contributed by atoms with van der Waals surface area (Å²) in [5.74, 6) is 0.0769. The van der Waals surface area contributed by atoms with Crippen LogP contribution in [0.2, 0.25) is 0 Å². The summed E-state index contributed by atoms with van der Waals surface area (Å²) in [6, 6.07) is 20.2. The molecule has 0 spiro atoms. The summed E-state index contributed by atoms with van der Waals surface area (Å²) in [4.78, 5) is 13.7. The molecule has 0 radical (unpaired) electrons. The van der Waals surface area contributed by atoms with Gasteiger partial charge in [0.1, 0.15) is 6.61 Å². The first kappa shape index (κ1) is 21.2. The van der Waals surface area contributed by atoms with Gasteiger partial charge in [0.15, 0.2) is 0 Å². The van der Waals surface area contributed by atoms with Crippen LogP contribution < -0.4 is 0 Å². The molecular weight excluding hydrogens is 334 g/mol. The van der Waals surface area contributed by atoms with Gasteiger partial charge >= 0.3 is 5.97 Å². The van der Waals surface area contributed by atoms with Crippen molar-refractivity contribution in [3.63, 3.8) is 0 Å². The fourth-order valence-electron chi connectivity index (χ4n) is 3.69. The molecule has 27 heavy (non-hydrogen) atoms. The quantitative estimate of drug-likeness (QED) is 0.557. The molecule has 0 bridgehead atoms. The highest BCUT2D eigenvalue weighted by Crippen LogP contribution is 2.29. The third kappa shape index (κ3) is 6.51. The predicted octanol–water partition coefficient (Wildman–Crippen LogP) is 5.39. The summed E-state index contributed by atoms with van der Waals surface area (Å²) in [6.45, 7) is 11.9. The average molecular weight is 368 g/mol. The Morgan fingerprint density at radius 3 is 2.15 bits per heavy atom. The molecule has 0 aromatic heterocycles. The lowest BCUT2D eigenvalue weighted by atomic mass is 9.87. The molecule has 0 amide bonds. The molecular formula is C24H33NO2. The van der Waals surface area contributed by atoms with Crippen molar-refractivity contribution in [1.82, 2.24) is 4.90 Å². The maximum absolute atomic E-state index is 11.1. The first-order valence-corrected chi connectivity index (χ1v) is 9.91. The van der Waals surface area contributed by atoms with Crippen molar-refractivity contribution in [3.8, 4) is 0 Å². The molecule has 3 nitrogen and oxygen atoms in total. The van der Waals surface area contributed by atoms with Gasteiger partial charge in [0.25, 0.3) is 0 Å². The van der Waals surface area contributed by atoms with Gasteiger partial charge in [0, 0.05) is 24.9 Å². The minimum Gasteiger partial charge on any atom is -0.461 e. The van der Waals surface area contributed by atoms with Crippen LogP contribution in [-0.2, 0) is 16.1 Å². The Balaban J connectivity index is 2.25. The van der Waals surface area contributed by atoms with Crippen LogP contribution in [0.3, 0.4) is 0 Å². The second-order valence-electron chi connectivity index (χ2n) is 7.70. The highest BCUT2D eigenvalue weighted by atomic mass is 16.5. The summed E-state index contributed by atoms with van der Waals surface area (Å²) in [5.41, 5.74) is 3.64. The van der Waals surface area contributed by atoms with Gasteiger partial charge < -0.3 is 4.74 Å². The van der Waals surface area contributed by atoms with Crippen molar-refractivity contribution in [3.05, 3.63) is 71.3 Å². The number of esters is 1. The van der Waals surface area contributed by atoms with Crippen molar-refractivity contribution in [2.45, 2.75) is 65.6 Å². The Labute approximate surface area is 164 Å². The Morgan fingerprint density at radius 1 is 0.926 bits per heavy atom. The number of carbonyl (C=O) groups excluding carboxylic acids is 1. The minimum absolute atomic E-state index is 0.246. The van der Waals surface area contributed by atoms with Crippen molar-refractivity contribution in [2.75, 3.05) is 6.54 Å². The molecule has 0 aliphatic carbocycles. The lowest BCUT2D eigenvalue weighted by Crippen LogP contribution is -2.38. The number of hydrogen-bond acceptors (Lipinski definition) is 3. The number of ether oxygens (including phenoxy) is 1. The van der Waals surface area contributed by atoms with Crippen LogP contribution in [0.5, 0.6) is 0 Å². The molecule has 2 aromatic rings. The largest absolute Gasteiger partial charge is 0.461 e.